The summed E-state index contributed by atoms with van der Waals surface area (Å²) in [6.07, 6.45) is 0. The van der Waals surface area contributed by atoms with E-state index in [0.29, 0.717) is 22.7 Å². The Kier molecular flexibility index (Phi) is 6.08. The van der Waals surface area contributed by atoms with Gasteiger partial charge in [-0.2, -0.15) is 0 Å². The predicted octanol–water partition coefficient (Wildman–Crippen LogP) is 5.80. The van der Waals surface area contributed by atoms with Gasteiger partial charge in [-0.1, -0.05) is 17.7 Å². The Bertz CT molecular complexity index is 1430. The van der Waals surface area contributed by atoms with Crippen molar-refractivity contribution in [1.82, 2.24) is 10.3 Å². The number of nitrogens with one attached hydrogen (secondary N) is 2. The number of carbonyl (C=O) groups excluding carboxylic acids is 1. The zero-order valence-electron chi connectivity index (χ0n) is 17.5. The molecule has 33 heavy (non-hydrogen) atoms. The van der Waals surface area contributed by atoms with Gasteiger partial charge in [-0.05, 0) is 79.7 Å². The van der Waals surface area contributed by atoms with E-state index in [1.54, 1.807) is 18.2 Å². The normalized spacial score (nSPS) is 10.8. The molecule has 10 heteroatoms. The van der Waals surface area contributed by atoms with Crippen LogP contribution in [0.25, 0.3) is 22.6 Å². The molecule has 0 fully saturated rings. The number of thiocarbonyl (C=S) groups is 1. The number of nitrogens with zero attached hydrogens (tertiary/aromatic N) is 2. The van der Waals surface area contributed by atoms with Crippen molar-refractivity contribution in [3.05, 3.63) is 86.4 Å². The van der Waals surface area contributed by atoms with Gasteiger partial charge in [0.15, 0.2) is 10.7 Å². The van der Waals surface area contributed by atoms with E-state index in [4.69, 9.17) is 28.2 Å². The summed E-state index contributed by atoms with van der Waals surface area (Å²) in [5.41, 5.74) is 4.72. The number of carbonyl (C=O) groups is 1. The minimum atomic E-state index is -0.658. The van der Waals surface area contributed by atoms with Gasteiger partial charge in [0.1, 0.15) is 10.5 Å². The van der Waals surface area contributed by atoms with E-state index in [9.17, 15) is 14.9 Å². The Balaban J connectivity index is 1.49. The van der Waals surface area contributed by atoms with Crippen LogP contribution in [0.1, 0.15) is 21.5 Å². The van der Waals surface area contributed by atoms with E-state index in [1.165, 1.54) is 17.7 Å². The summed E-state index contributed by atoms with van der Waals surface area (Å²) < 4.78 is 5.86. The van der Waals surface area contributed by atoms with Gasteiger partial charge >= 0.3 is 0 Å². The average molecular weight is 481 g/mol. The van der Waals surface area contributed by atoms with Crippen LogP contribution in [0.4, 0.5) is 11.4 Å². The molecule has 0 aliphatic rings. The molecule has 0 unspecified atom stereocenters. The van der Waals surface area contributed by atoms with Gasteiger partial charge in [0, 0.05) is 22.9 Å². The lowest BCUT2D eigenvalue weighted by Gasteiger charge is -2.09. The molecule has 0 spiro atoms. The summed E-state index contributed by atoms with van der Waals surface area (Å²) in [7, 11) is 0. The smallest absolute Gasteiger partial charge is 0.288 e. The molecular weight excluding hydrogens is 464 g/mol. The first-order valence-electron chi connectivity index (χ1n) is 9.76. The van der Waals surface area contributed by atoms with Gasteiger partial charge in [0.05, 0.1) is 4.92 Å². The first-order valence-corrected chi connectivity index (χ1v) is 10.5. The van der Waals surface area contributed by atoms with Gasteiger partial charge in [-0.15, -0.1) is 0 Å². The zero-order valence-corrected chi connectivity index (χ0v) is 19.1. The van der Waals surface area contributed by atoms with Crippen LogP contribution in [0.2, 0.25) is 5.02 Å². The number of nitro benzene ring substituents is 1. The number of aryl methyl sites for hydroxylation is 2. The Hall–Kier alpha value is -3.82. The fourth-order valence-corrected chi connectivity index (χ4v) is 3.53. The molecule has 0 aliphatic carbocycles. The number of fused-ring (bicyclic) bond motifs is 1. The first kappa shape index (κ1) is 22.4. The van der Waals surface area contributed by atoms with Gasteiger partial charge < -0.3 is 9.73 Å². The number of amides is 1. The van der Waals surface area contributed by atoms with Crippen molar-refractivity contribution in [1.29, 1.82) is 0 Å². The molecule has 0 aliphatic heterocycles. The fourth-order valence-electron chi connectivity index (χ4n) is 3.13. The number of hydrogen-bond acceptors (Lipinski definition) is 6. The van der Waals surface area contributed by atoms with Gasteiger partial charge in [0.2, 0.25) is 5.89 Å². The predicted molar refractivity (Wildman–Crippen MR) is 131 cm³/mol. The second-order valence-corrected chi connectivity index (χ2v) is 8.15. The summed E-state index contributed by atoms with van der Waals surface area (Å²) in [4.78, 5) is 27.3. The van der Waals surface area contributed by atoms with Gasteiger partial charge in [-0.3, -0.25) is 20.2 Å². The Morgan fingerprint density at radius 2 is 1.88 bits per heavy atom. The molecule has 0 radical (unpaired) electrons. The van der Waals surface area contributed by atoms with Crippen LogP contribution in [-0.4, -0.2) is 20.9 Å². The number of nitro groups is 1. The highest BCUT2D eigenvalue weighted by Gasteiger charge is 2.17. The standard InChI is InChI=1S/C23H17ClN4O4S/c1-12-3-4-15(9-13(12)2)22-26-18-11-16(6-8-20(18)32-22)25-23(33)27-21(29)14-5-7-17(24)19(10-14)28(30)31/h3-11H,1-2H3,(H2,25,27,29,33). The highest BCUT2D eigenvalue weighted by molar-refractivity contribution is 7.80. The number of rotatable bonds is 4. The van der Waals surface area contributed by atoms with Crippen molar-refractivity contribution in [3.63, 3.8) is 0 Å². The second-order valence-electron chi connectivity index (χ2n) is 7.33. The topological polar surface area (TPSA) is 110 Å². The minimum Gasteiger partial charge on any atom is -0.436 e. The maximum Gasteiger partial charge on any atom is 0.288 e. The van der Waals surface area contributed by atoms with Crippen LogP contribution < -0.4 is 10.6 Å². The van der Waals surface area contributed by atoms with E-state index in [0.717, 1.165) is 17.2 Å². The molecule has 1 heterocycles. The monoisotopic (exact) mass is 480 g/mol. The van der Waals surface area contributed by atoms with Crippen molar-refractivity contribution < 1.29 is 14.1 Å². The van der Waals surface area contributed by atoms with Crippen molar-refractivity contribution in [2.75, 3.05) is 5.32 Å². The molecule has 1 amide bonds. The van der Waals surface area contributed by atoms with Crippen LogP contribution in [0, 0.1) is 24.0 Å². The molecular formula is C23H17ClN4O4S. The van der Waals surface area contributed by atoms with Gasteiger partial charge in [-0.25, -0.2) is 4.98 Å². The molecule has 0 saturated carbocycles. The Morgan fingerprint density at radius 1 is 1.09 bits per heavy atom. The lowest BCUT2D eigenvalue weighted by atomic mass is 10.1. The van der Waals surface area contributed by atoms with E-state index in [-0.39, 0.29) is 21.4 Å². The van der Waals surface area contributed by atoms with Crippen molar-refractivity contribution >= 4 is 57.3 Å². The van der Waals surface area contributed by atoms with Crippen LogP contribution in [0.3, 0.4) is 0 Å². The van der Waals surface area contributed by atoms with Crippen LogP contribution in [0.5, 0.6) is 0 Å². The molecule has 3 aromatic carbocycles. The third-order valence-electron chi connectivity index (χ3n) is 5.03. The van der Waals surface area contributed by atoms with E-state index in [2.05, 4.69) is 15.6 Å². The molecule has 0 atom stereocenters. The minimum absolute atomic E-state index is 0.0230. The van der Waals surface area contributed by atoms with E-state index < -0.39 is 10.8 Å². The molecule has 4 rings (SSSR count). The van der Waals surface area contributed by atoms with Crippen molar-refractivity contribution in [2.24, 2.45) is 0 Å². The largest absolute Gasteiger partial charge is 0.436 e. The lowest BCUT2D eigenvalue weighted by Crippen LogP contribution is -2.34. The number of oxazole rings is 1. The number of anilines is 1. The summed E-state index contributed by atoms with van der Waals surface area (Å²) >= 11 is 11.0. The molecule has 0 bridgehead atoms. The maximum absolute atomic E-state index is 12.4. The molecule has 1 aromatic heterocycles. The van der Waals surface area contributed by atoms with Crippen molar-refractivity contribution in [3.8, 4) is 11.5 Å². The summed E-state index contributed by atoms with van der Waals surface area (Å²) in [6.45, 7) is 4.07. The first-order chi connectivity index (χ1) is 15.7. The van der Waals surface area contributed by atoms with E-state index in [1.807, 2.05) is 32.0 Å². The Labute approximate surface area is 198 Å². The van der Waals surface area contributed by atoms with Crippen LogP contribution >= 0.6 is 23.8 Å². The molecule has 0 saturated heterocycles. The maximum atomic E-state index is 12.4. The highest BCUT2D eigenvalue weighted by Crippen LogP contribution is 2.28. The number of aromatic nitrogens is 1. The average Bonchev–Trinajstić information content (AvgIpc) is 3.19. The fraction of sp³-hybridized carbons (Fsp3) is 0.0870. The number of hydrogen-bond donors (Lipinski definition) is 2. The van der Waals surface area contributed by atoms with Crippen LogP contribution in [-0.2, 0) is 0 Å². The number of benzene rings is 3. The summed E-state index contributed by atoms with van der Waals surface area (Å²) in [5.74, 6) is -0.0998. The number of halogens is 1. The summed E-state index contributed by atoms with van der Waals surface area (Å²) in [6, 6.07) is 15.0. The SMILES string of the molecule is Cc1ccc(-c2nc3cc(NC(=S)NC(=O)c4ccc(Cl)c([N+](=O)[O-])c4)ccc3o2)cc1C. The van der Waals surface area contributed by atoms with Crippen molar-refractivity contribution in [2.45, 2.75) is 13.8 Å². The summed E-state index contributed by atoms with van der Waals surface area (Å²) in [5, 5.41) is 16.4. The second kappa shape index (κ2) is 8.97. The quantitative estimate of drug-likeness (QED) is 0.216. The zero-order chi connectivity index (χ0) is 23.7. The lowest BCUT2D eigenvalue weighted by molar-refractivity contribution is -0.384. The molecule has 8 nitrogen and oxygen atoms in total. The molecule has 4 aromatic rings. The highest BCUT2D eigenvalue weighted by atomic mass is 35.5. The Morgan fingerprint density at radius 3 is 2.61 bits per heavy atom. The van der Waals surface area contributed by atoms with E-state index >= 15 is 0 Å². The van der Waals surface area contributed by atoms with Gasteiger partial charge in [0.25, 0.3) is 11.6 Å². The molecule has 166 valence electrons. The third-order valence-corrected chi connectivity index (χ3v) is 5.56. The third kappa shape index (κ3) is 4.84. The van der Waals surface area contributed by atoms with Crippen LogP contribution in [0.15, 0.2) is 59.0 Å². The molecule has 2 N–H and O–H groups in total.